The Hall–Kier alpha value is -0.260. The Kier molecular flexibility index (Phi) is 5.29. The monoisotopic (exact) mass is 194 g/mol. The van der Waals surface area contributed by atoms with Gasteiger partial charge >= 0.3 is 0 Å². The number of allylic oxidation sites excluding steroid dienone is 2. The Morgan fingerprint density at radius 1 is 1.14 bits per heavy atom. The molecule has 0 N–H and O–H groups in total. The molecule has 1 saturated carbocycles. The molecule has 0 saturated heterocycles. The van der Waals surface area contributed by atoms with Crippen LogP contribution in [0.4, 0.5) is 0 Å². The zero-order valence-corrected chi connectivity index (χ0v) is 10.2. The summed E-state index contributed by atoms with van der Waals surface area (Å²) in [6.45, 7) is 6.70. The molecule has 0 aliphatic heterocycles. The second-order valence-corrected chi connectivity index (χ2v) is 5.12. The van der Waals surface area contributed by atoms with Crippen LogP contribution in [0.3, 0.4) is 0 Å². The van der Waals surface area contributed by atoms with Gasteiger partial charge in [0.1, 0.15) is 0 Å². The summed E-state index contributed by atoms with van der Waals surface area (Å²) in [5, 5.41) is 0. The maximum atomic E-state index is 2.41. The van der Waals surface area contributed by atoms with E-state index in [0.717, 1.165) is 11.8 Å². The highest BCUT2D eigenvalue weighted by atomic mass is 14.4. The van der Waals surface area contributed by atoms with Crippen molar-refractivity contribution in [1.82, 2.24) is 0 Å². The molecule has 1 aliphatic carbocycles. The summed E-state index contributed by atoms with van der Waals surface area (Å²) in [6, 6.07) is 0. The molecule has 1 rings (SSSR count). The molecule has 14 heavy (non-hydrogen) atoms. The van der Waals surface area contributed by atoms with Crippen LogP contribution >= 0.6 is 0 Å². The minimum Gasteiger partial charge on any atom is -0.0856 e. The maximum absolute atomic E-state index is 2.41. The molecule has 0 aromatic carbocycles. The van der Waals surface area contributed by atoms with Gasteiger partial charge < -0.3 is 0 Å². The Bertz CT molecular complexity index is 174. The summed E-state index contributed by atoms with van der Waals surface area (Å²) in [5.74, 6) is 2.13. The Morgan fingerprint density at radius 2 is 1.93 bits per heavy atom. The van der Waals surface area contributed by atoms with Crippen molar-refractivity contribution in [3.05, 3.63) is 11.6 Å². The van der Waals surface area contributed by atoms with E-state index >= 15 is 0 Å². The van der Waals surface area contributed by atoms with Crippen molar-refractivity contribution in [3.63, 3.8) is 0 Å². The highest BCUT2D eigenvalue weighted by Crippen LogP contribution is 2.45. The fourth-order valence-corrected chi connectivity index (χ4v) is 2.17. The van der Waals surface area contributed by atoms with Crippen molar-refractivity contribution >= 4 is 0 Å². The fourth-order valence-electron chi connectivity index (χ4n) is 2.17. The van der Waals surface area contributed by atoms with Gasteiger partial charge in [0.2, 0.25) is 0 Å². The molecule has 82 valence electrons. The van der Waals surface area contributed by atoms with E-state index in [-0.39, 0.29) is 0 Å². The lowest BCUT2D eigenvalue weighted by molar-refractivity contribution is 0.568. The first-order valence-corrected chi connectivity index (χ1v) is 6.37. The lowest BCUT2D eigenvalue weighted by Crippen LogP contribution is -1.84. The van der Waals surface area contributed by atoms with E-state index in [1.54, 1.807) is 0 Å². The number of hydrogen-bond donors (Lipinski definition) is 0. The molecule has 0 spiro atoms. The SMILES string of the molecule is CCCCCCC1CC1CC=C(C)C. The van der Waals surface area contributed by atoms with Crippen LogP contribution < -0.4 is 0 Å². The quantitative estimate of drug-likeness (QED) is 0.397. The van der Waals surface area contributed by atoms with Crippen LogP contribution in [0.15, 0.2) is 11.6 Å². The molecule has 0 heteroatoms. The van der Waals surface area contributed by atoms with Gasteiger partial charge in [-0.1, -0.05) is 50.7 Å². The van der Waals surface area contributed by atoms with E-state index in [1.165, 1.54) is 50.5 Å². The van der Waals surface area contributed by atoms with Gasteiger partial charge in [-0.3, -0.25) is 0 Å². The van der Waals surface area contributed by atoms with Crippen molar-refractivity contribution in [3.8, 4) is 0 Å². The second kappa shape index (κ2) is 6.27. The zero-order valence-electron chi connectivity index (χ0n) is 10.2. The van der Waals surface area contributed by atoms with Gasteiger partial charge in [-0.15, -0.1) is 0 Å². The number of unbranched alkanes of at least 4 members (excludes halogenated alkanes) is 3. The fraction of sp³-hybridized carbons (Fsp3) is 0.857. The first-order chi connectivity index (χ1) is 6.74. The molecule has 0 nitrogen and oxygen atoms in total. The smallest absolute Gasteiger partial charge is 0.0317 e. The van der Waals surface area contributed by atoms with Gasteiger partial charge in [0.15, 0.2) is 0 Å². The lowest BCUT2D eigenvalue weighted by atomic mass is 10.1. The number of hydrogen-bond acceptors (Lipinski definition) is 0. The molecule has 0 heterocycles. The van der Waals surface area contributed by atoms with Crippen LogP contribution in [0.1, 0.15) is 65.7 Å². The third-order valence-corrected chi connectivity index (χ3v) is 3.33. The van der Waals surface area contributed by atoms with Crippen molar-refractivity contribution in [1.29, 1.82) is 0 Å². The molecule has 0 amide bonds. The zero-order chi connectivity index (χ0) is 10.4. The summed E-state index contributed by atoms with van der Waals surface area (Å²) in [7, 11) is 0. The topological polar surface area (TPSA) is 0 Å². The van der Waals surface area contributed by atoms with Crippen molar-refractivity contribution in [2.24, 2.45) is 11.8 Å². The van der Waals surface area contributed by atoms with Crippen LogP contribution in [0, 0.1) is 11.8 Å². The Balaban J connectivity index is 1.95. The van der Waals surface area contributed by atoms with Crippen LogP contribution in [-0.4, -0.2) is 0 Å². The normalized spacial score (nSPS) is 24.8. The van der Waals surface area contributed by atoms with E-state index in [9.17, 15) is 0 Å². The van der Waals surface area contributed by atoms with Crippen LogP contribution in [-0.2, 0) is 0 Å². The van der Waals surface area contributed by atoms with Crippen LogP contribution in [0.5, 0.6) is 0 Å². The molecule has 2 unspecified atom stereocenters. The highest BCUT2D eigenvalue weighted by Gasteiger charge is 2.34. The first kappa shape index (κ1) is 11.8. The predicted molar refractivity (Wildman–Crippen MR) is 64.4 cm³/mol. The van der Waals surface area contributed by atoms with E-state index in [0.29, 0.717) is 0 Å². The van der Waals surface area contributed by atoms with E-state index < -0.39 is 0 Å². The third-order valence-electron chi connectivity index (χ3n) is 3.33. The standard InChI is InChI=1S/C14H26/c1-4-5-6-7-8-13-11-14(13)10-9-12(2)3/h9,13-14H,4-8,10-11H2,1-3H3. The molecule has 0 aromatic heterocycles. The van der Waals surface area contributed by atoms with Gasteiger partial charge in [-0.05, 0) is 38.5 Å². The van der Waals surface area contributed by atoms with E-state index in [4.69, 9.17) is 0 Å². The van der Waals surface area contributed by atoms with Gasteiger partial charge in [-0.2, -0.15) is 0 Å². The minimum atomic E-state index is 1.05. The highest BCUT2D eigenvalue weighted by molar-refractivity contribution is 4.99. The van der Waals surface area contributed by atoms with Crippen LogP contribution in [0.25, 0.3) is 0 Å². The van der Waals surface area contributed by atoms with E-state index in [2.05, 4.69) is 26.8 Å². The first-order valence-electron chi connectivity index (χ1n) is 6.37. The van der Waals surface area contributed by atoms with E-state index in [1.807, 2.05) is 0 Å². The average molecular weight is 194 g/mol. The molecule has 0 radical (unpaired) electrons. The van der Waals surface area contributed by atoms with Gasteiger partial charge in [0.25, 0.3) is 0 Å². The largest absolute Gasteiger partial charge is 0.0856 e. The van der Waals surface area contributed by atoms with Crippen molar-refractivity contribution < 1.29 is 0 Å². The van der Waals surface area contributed by atoms with Gasteiger partial charge in [-0.25, -0.2) is 0 Å². The lowest BCUT2D eigenvalue weighted by Gasteiger charge is -1.98. The molecule has 2 atom stereocenters. The summed E-state index contributed by atoms with van der Waals surface area (Å²) >= 11 is 0. The predicted octanol–water partition coefficient (Wildman–Crippen LogP) is 4.95. The van der Waals surface area contributed by atoms with Crippen LogP contribution in [0.2, 0.25) is 0 Å². The summed E-state index contributed by atoms with van der Waals surface area (Å²) < 4.78 is 0. The summed E-state index contributed by atoms with van der Waals surface area (Å²) in [6.07, 6.45) is 12.5. The Morgan fingerprint density at radius 3 is 2.57 bits per heavy atom. The Labute approximate surface area is 89.8 Å². The van der Waals surface area contributed by atoms with Gasteiger partial charge in [0.05, 0.1) is 0 Å². The third kappa shape index (κ3) is 4.83. The molecule has 0 bridgehead atoms. The average Bonchev–Trinajstić information content (AvgIpc) is 2.88. The minimum absolute atomic E-state index is 1.05. The number of rotatable bonds is 7. The maximum Gasteiger partial charge on any atom is -0.0317 e. The van der Waals surface area contributed by atoms with Gasteiger partial charge in [0, 0.05) is 0 Å². The molecule has 0 aromatic rings. The molecular weight excluding hydrogens is 168 g/mol. The molecular formula is C14H26. The summed E-state index contributed by atoms with van der Waals surface area (Å²) in [5.41, 5.74) is 1.49. The summed E-state index contributed by atoms with van der Waals surface area (Å²) in [4.78, 5) is 0. The molecule has 1 fully saturated rings. The second-order valence-electron chi connectivity index (χ2n) is 5.12. The van der Waals surface area contributed by atoms with Crippen molar-refractivity contribution in [2.75, 3.05) is 0 Å². The van der Waals surface area contributed by atoms with Crippen molar-refractivity contribution in [2.45, 2.75) is 65.7 Å². The molecule has 1 aliphatic rings.